The van der Waals surface area contributed by atoms with E-state index in [1.165, 1.54) is 29.9 Å². The van der Waals surface area contributed by atoms with E-state index in [1.807, 2.05) is 0 Å². The fraction of sp³-hybridized carbons (Fsp3) is 0.444. The molecule has 0 spiro atoms. The van der Waals surface area contributed by atoms with Crippen molar-refractivity contribution >= 4 is 10.0 Å². The number of hydrogen-bond donors (Lipinski definition) is 1. The number of ether oxygens (including phenoxy) is 1. The van der Waals surface area contributed by atoms with Crippen LogP contribution >= 0.6 is 0 Å². The lowest BCUT2D eigenvalue weighted by atomic mass is 10.6. The summed E-state index contributed by atoms with van der Waals surface area (Å²) in [6, 6.07) is 0. The average Bonchev–Trinajstić information content (AvgIpc) is 2.77. The van der Waals surface area contributed by atoms with E-state index in [-0.39, 0.29) is 18.0 Å². The van der Waals surface area contributed by atoms with Crippen LogP contribution in [0.4, 0.5) is 0 Å². The third-order valence-corrected chi connectivity index (χ3v) is 3.82. The molecule has 1 heterocycles. The molecule has 1 aromatic rings. The first-order chi connectivity index (χ1) is 7.62. The second-order valence-corrected chi connectivity index (χ2v) is 5.02. The van der Waals surface area contributed by atoms with Gasteiger partial charge < -0.3 is 4.74 Å². The summed E-state index contributed by atoms with van der Waals surface area (Å²) in [6.07, 6.45) is 4.16. The zero-order valence-corrected chi connectivity index (χ0v) is 9.90. The quantitative estimate of drug-likeness (QED) is 0.698. The van der Waals surface area contributed by atoms with Crippen molar-refractivity contribution in [2.24, 2.45) is 0 Å². The molecule has 1 N–H and O–H groups in total. The highest BCUT2D eigenvalue weighted by Gasteiger charge is 2.23. The van der Waals surface area contributed by atoms with Gasteiger partial charge in [0.2, 0.25) is 10.0 Å². The summed E-state index contributed by atoms with van der Waals surface area (Å²) in [5.74, 6) is 0. The van der Waals surface area contributed by atoms with Gasteiger partial charge in [-0.05, 0) is 0 Å². The number of hydrogen-bond acceptors (Lipinski definition) is 4. The van der Waals surface area contributed by atoms with Gasteiger partial charge in [0.1, 0.15) is 4.90 Å². The average molecular weight is 245 g/mol. The van der Waals surface area contributed by atoms with Crippen LogP contribution < -0.4 is 0 Å². The number of methoxy groups -OCH3 is 1. The molecular formula is C9H15N3O3S. The van der Waals surface area contributed by atoms with Crippen LogP contribution in [0.15, 0.2) is 29.9 Å². The molecule has 0 aliphatic rings. The van der Waals surface area contributed by atoms with Crippen LogP contribution in [-0.4, -0.2) is 49.7 Å². The number of nitrogens with one attached hydrogen (secondary N) is 1. The molecule has 0 saturated heterocycles. The summed E-state index contributed by atoms with van der Waals surface area (Å²) in [7, 11) is -1.98. The van der Waals surface area contributed by atoms with Gasteiger partial charge in [0, 0.05) is 26.4 Å². The molecule has 1 rings (SSSR count). The summed E-state index contributed by atoms with van der Waals surface area (Å²) >= 11 is 0. The lowest BCUT2D eigenvalue weighted by molar-refractivity contribution is 0.182. The molecule has 7 heteroatoms. The Morgan fingerprint density at radius 1 is 1.69 bits per heavy atom. The minimum atomic E-state index is -3.50. The van der Waals surface area contributed by atoms with Gasteiger partial charge in [0.05, 0.1) is 12.8 Å². The summed E-state index contributed by atoms with van der Waals surface area (Å²) in [6.45, 7) is 4.41. The third-order valence-electron chi connectivity index (χ3n) is 1.99. The standard InChI is InChI=1S/C9H15N3O3S/c1-3-4-12(5-6-15-2)16(13,14)9-7-10-11-8-9/h3,7-8H,1,4-6H2,2H3,(H,10,11). The molecule has 0 unspecified atom stereocenters. The highest BCUT2D eigenvalue weighted by Crippen LogP contribution is 2.13. The summed E-state index contributed by atoms with van der Waals surface area (Å²) < 4.78 is 30.3. The first kappa shape index (κ1) is 12.9. The summed E-state index contributed by atoms with van der Waals surface area (Å²) in [5.41, 5.74) is 0. The molecular weight excluding hydrogens is 230 g/mol. The first-order valence-electron chi connectivity index (χ1n) is 4.71. The zero-order chi connectivity index (χ0) is 12.0. The highest BCUT2D eigenvalue weighted by molar-refractivity contribution is 7.89. The molecule has 0 aliphatic heterocycles. The van der Waals surface area contributed by atoms with Gasteiger partial charge in [-0.25, -0.2) is 8.42 Å². The minimum Gasteiger partial charge on any atom is -0.383 e. The Morgan fingerprint density at radius 2 is 2.44 bits per heavy atom. The smallest absolute Gasteiger partial charge is 0.246 e. The predicted molar refractivity (Wildman–Crippen MR) is 59.4 cm³/mol. The number of H-pyrrole nitrogens is 1. The van der Waals surface area contributed by atoms with E-state index < -0.39 is 10.0 Å². The van der Waals surface area contributed by atoms with Gasteiger partial charge in [-0.1, -0.05) is 6.08 Å². The molecule has 16 heavy (non-hydrogen) atoms. The molecule has 1 aromatic heterocycles. The highest BCUT2D eigenvalue weighted by atomic mass is 32.2. The molecule has 0 fully saturated rings. The Hall–Kier alpha value is -1.18. The van der Waals surface area contributed by atoms with Gasteiger partial charge in [-0.15, -0.1) is 6.58 Å². The van der Waals surface area contributed by atoms with E-state index in [2.05, 4.69) is 16.8 Å². The van der Waals surface area contributed by atoms with E-state index in [0.717, 1.165) is 0 Å². The van der Waals surface area contributed by atoms with Gasteiger partial charge in [0.15, 0.2) is 0 Å². The number of nitrogens with zero attached hydrogens (tertiary/aromatic N) is 2. The number of aromatic nitrogens is 2. The maximum atomic E-state index is 12.1. The van der Waals surface area contributed by atoms with E-state index in [1.54, 1.807) is 0 Å². The summed E-state index contributed by atoms with van der Waals surface area (Å²) in [5, 5.41) is 6.10. The van der Waals surface area contributed by atoms with Crippen molar-refractivity contribution in [3.05, 3.63) is 25.0 Å². The van der Waals surface area contributed by atoms with Gasteiger partial charge in [0.25, 0.3) is 0 Å². The second-order valence-electron chi connectivity index (χ2n) is 3.08. The maximum Gasteiger partial charge on any atom is 0.246 e. The van der Waals surface area contributed by atoms with E-state index in [0.29, 0.717) is 6.61 Å². The number of rotatable bonds is 7. The molecule has 0 aromatic carbocycles. The predicted octanol–water partition coefficient (Wildman–Crippen LogP) is 0.233. The van der Waals surface area contributed by atoms with Crippen LogP contribution in [-0.2, 0) is 14.8 Å². The van der Waals surface area contributed by atoms with Crippen LogP contribution in [0.5, 0.6) is 0 Å². The van der Waals surface area contributed by atoms with Crippen molar-refractivity contribution in [1.82, 2.24) is 14.5 Å². The molecule has 6 nitrogen and oxygen atoms in total. The number of aromatic amines is 1. The topological polar surface area (TPSA) is 75.3 Å². The van der Waals surface area contributed by atoms with Crippen LogP contribution in [0.3, 0.4) is 0 Å². The fourth-order valence-electron chi connectivity index (χ4n) is 1.18. The van der Waals surface area contributed by atoms with Gasteiger partial charge in [-0.3, -0.25) is 5.10 Å². The van der Waals surface area contributed by atoms with Crippen LogP contribution in [0, 0.1) is 0 Å². The Bertz CT molecular complexity index is 413. The lowest BCUT2D eigenvalue weighted by Crippen LogP contribution is -2.33. The molecule has 90 valence electrons. The van der Waals surface area contributed by atoms with Crippen LogP contribution in [0.1, 0.15) is 0 Å². The van der Waals surface area contributed by atoms with Crippen molar-refractivity contribution in [1.29, 1.82) is 0 Å². The largest absolute Gasteiger partial charge is 0.383 e. The molecule has 0 radical (unpaired) electrons. The molecule has 0 bridgehead atoms. The number of sulfonamides is 1. The minimum absolute atomic E-state index is 0.144. The Kier molecular flexibility index (Phi) is 4.66. The van der Waals surface area contributed by atoms with Gasteiger partial charge >= 0.3 is 0 Å². The fourth-order valence-corrected chi connectivity index (χ4v) is 2.48. The first-order valence-corrected chi connectivity index (χ1v) is 6.15. The van der Waals surface area contributed by atoms with Crippen LogP contribution in [0.2, 0.25) is 0 Å². The Morgan fingerprint density at radius 3 is 2.94 bits per heavy atom. The Labute approximate surface area is 95.0 Å². The van der Waals surface area contributed by atoms with Crippen LogP contribution in [0.25, 0.3) is 0 Å². The summed E-state index contributed by atoms with van der Waals surface area (Å²) in [4.78, 5) is 0.144. The van der Waals surface area contributed by atoms with Crippen molar-refractivity contribution in [2.45, 2.75) is 4.90 Å². The monoisotopic (exact) mass is 245 g/mol. The lowest BCUT2D eigenvalue weighted by Gasteiger charge is -2.18. The van der Waals surface area contributed by atoms with Crippen molar-refractivity contribution in [3.63, 3.8) is 0 Å². The van der Waals surface area contributed by atoms with E-state index >= 15 is 0 Å². The molecule has 0 aliphatic carbocycles. The second kappa shape index (κ2) is 5.78. The Balaban J connectivity index is 2.88. The van der Waals surface area contributed by atoms with Crippen molar-refractivity contribution in [3.8, 4) is 0 Å². The maximum absolute atomic E-state index is 12.1. The van der Waals surface area contributed by atoms with Crippen molar-refractivity contribution in [2.75, 3.05) is 26.8 Å². The third kappa shape index (κ3) is 2.91. The molecule has 0 atom stereocenters. The zero-order valence-electron chi connectivity index (χ0n) is 9.09. The molecule has 0 saturated carbocycles. The normalized spacial score (nSPS) is 11.9. The van der Waals surface area contributed by atoms with E-state index in [4.69, 9.17) is 4.74 Å². The SMILES string of the molecule is C=CCN(CCOC)S(=O)(=O)c1cn[nH]c1. The van der Waals surface area contributed by atoms with Crippen molar-refractivity contribution < 1.29 is 13.2 Å². The van der Waals surface area contributed by atoms with E-state index in [9.17, 15) is 8.42 Å². The van der Waals surface area contributed by atoms with Gasteiger partial charge in [-0.2, -0.15) is 9.40 Å². The molecule has 0 amide bonds.